The first-order valence-corrected chi connectivity index (χ1v) is 10.6. The Morgan fingerprint density at radius 1 is 0.971 bits per heavy atom. The van der Waals surface area contributed by atoms with Crippen LogP contribution in [-0.4, -0.2) is 31.6 Å². The van der Waals surface area contributed by atoms with Crippen molar-refractivity contribution in [2.75, 3.05) is 19.0 Å². The number of nitrogens with one attached hydrogen (secondary N) is 3. The van der Waals surface area contributed by atoms with E-state index in [1.165, 1.54) is 7.11 Å². The summed E-state index contributed by atoms with van der Waals surface area (Å²) in [4.78, 5) is 24.6. The molecule has 0 aliphatic carbocycles. The fourth-order valence-electron chi connectivity index (χ4n) is 3.83. The number of hydrogen-bond donors (Lipinski definition) is 3. The van der Waals surface area contributed by atoms with Gasteiger partial charge >= 0.3 is 6.03 Å². The monoisotopic (exact) mass is 467 g/mol. The van der Waals surface area contributed by atoms with Crippen LogP contribution in [0.15, 0.2) is 66.7 Å². The molecule has 9 heteroatoms. The molecule has 3 N–H and O–H groups in total. The second-order valence-corrected chi connectivity index (χ2v) is 7.76. The average Bonchev–Trinajstić information content (AvgIpc) is 2.82. The van der Waals surface area contributed by atoms with Crippen molar-refractivity contribution in [1.82, 2.24) is 10.6 Å². The molecule has 1 fully saturated rings. The van der Waals surface area contributed by atoms with Crippen LogP contribution in [0, 0.1) is 11.6 Å². The number of carbonyl (C=O) groups is 2. The highest BCUT2D eigenvalue weighted by Crippen LogP contribution is 2.33. The number of methoxy groups -OCH3 is 1. The molecule has 1 heterocycles. The molecule has 34 heavy (non-hydrogen) atoms. The van der Waals surface area contributed by atoms with Crippen molar-refractivity contribution < 1.29 is 27.8 Å². The summed E-state index contributed by atoms with van der Waals surface area (Å²) in [6, 6.07) is 16.8. The molecule has 0 unspecified atom stereocenters. The predicted molar refractivity (Wildman–Crippen MR) is 122 cm³/mol. The minimum absolute atomic E-state index is 0.0287. The Labute approximate surface area is 195 Å². The summed E-state index contributed by atoms with van der Waals surface area (Å²) in [5.74, 6) is -1.60. The number of halogens is 2. The van der Waals surface area contributed by atoms with Gasteiger partial charge in [0.15, 0.2) is 0 Å². The Morgan fingerprint density at radius 3 is 2.26 bits per heavy atom. The van der Waals surface area contributed by atoms with E-state index in [4.69, 9.17) is 9.47 Å². The van der Waals surface area contributed by atoms with Crippen LogP contribution in [0.25, 0.3) is 0 Å². The van der Waals surface area contributed by atoms with Gasteiger partial charge in [-0.2, -0.15) is 0 Å². The third kappa shape index (κ3) is 5.43. The summed E-state index contributed by atoms with van der Waals surface area (Å²) >= 11 is 0. The Bertz CT molecular complexity index is 1150. The molecule has 0 aromatic heterocycles. The van der Waals surface area contributed by atoms with Gasteiger partial charge in [0.1, 0.15) is 28.9 Å². The van der Waals surface area contributed by atoms with Crippen LogP contribution in [0.1, 0.15) is 17.9 Å². The van der Waals surface area contributed by atoms with Crippen molar-refractivity contribution in [3.05, 3.63) is 83.9 Å². The summed E-state index contributed by atoms with van der Waals surface area (Å²) in [5.41, 5.74) is 0.236. The van der Waals surface area contributed by atoms with Gasteiger partial charge in [-0.05, 0) is 36.4 Å². The summed E-state index contributed by atoms with van der Waals surface area (Å²) in [6.45, 7) is 0.0334. The highest BCUT2D eigenvalue weighted by Gasteiger charge is 2.35. The molecule has 4 rings (SSSR count). The van der Waals surface area contributed by atoms with Crippen LogP contribution in [0.2, 0.25) is 0 Å². The number of urea groups is 1. The van der Waals surface area contributed by atoms with Crippen LogP contribution in [0.5, 0.6) is 17.2 Å². The largest absolute Gasteiger partial charge is 0.497 e. The number of anilines is 1. The normalized spacial score (nSPS) is 17.4. The molecule has 0 bridgehead atoms. The Morgan fingerprint density at radius 2 is 1.62 bits per heavy atom. The molecule has 1 aliphatic rings. The minimum Gasteiger partial charge on any atom is -0.497 e. The van der Waals surface area contributed by atoms with Gasteiger partial charge in [0.25, 0.3) is 0 Å². The van der Waals surface area contributed by atoms with Gasteiger partial charge in [0, 0.05) is 42.3 Å². The van der Waals surface area contributed by atoms with E-state index in [0.717, 1.165) is 12.1 Å². The second kappa shape index (κ2) is 10.2. The summed E-state index contributed by atoms with van der Waals surface area (Å²) in [7, 11) is 1.30. The van der Waals surface area contributed by atoms with Crippen LogP contribution in [-0.2, 0) is 4.79 Å². The van der Waals surface area contributed by atoms with Crippen molar-refractivity contribution in [2.24, 2.45) is 0 Å². The van der Waals surface area contributed by atoms with Crippen LogP contribution < -0.4 is 25.4 Å². The fourth-order valence-corrected chi connectivity index (χ4v) is 3.83. The van der Waals surface area contributed by atoms with Crippen LogP contribution in [0.3, 0.4) is 0 Å². The Kier molecular flexibility index (Phi) is 6.91. The first-order valence-electron chi connectivity index (χ1n) is 10.6. The predicted octanol–water partition coefficient (Wildman–Crippen LogP) is 4.56. The quantitative estimate of drug-likeness (QED) is 0.496. The second-order valence-electron chi connectivity index (χ2n) is 7.76. The van der Waals surface area contributed by atoms with E-state index in [1.54, 1.807) is 24.3 Å². The van der Waals surface area contributed by atoms with Crippen molar-refractivity contribution in [3.63, 3.8) is 0 Å². The van der Waals surface area contributed by atoms with Crippen molar-refractivity contribution in [1.29, 1.82) is 0 Å². The van der Waals surface area contributed by atoms with Gasteiger partial charge < -0.3 is 25.4 Å². The lowest BCUT2D eigenvalue weighted by atomic mass is 9.85. The number of hydrogen-bond acceptors (Lipinski definition) is 4. The Hall–Kier alpha value is -4.14. The molecule has 0 spiro atoms. The van der Waals surface area contributed by atoms with E-state index in [2.05, 4.69) is 16.0 Å². The lowest BCUT2D eigenvalue weighted by Crippen LogP contribution is -2.53. The lowest BCUT2D eigenvalue weighted by Gasteiger charge is -2.33. The van der Waals surface area contributed by atoms with Crippen LogP contribution >= 0.6 is 0 Å². The maximum Gasteiger partial charge on any atom is 0.319 e. The number of amides is 3. The first kappa shape index (κ1) is 23.0. The standard InChI is InChI=1S/C25H23F2N3O4/c1-33-18-11-20(26)24(21(27)12-18)19-13-23(31)28-14-22(19)30-25(32)29-15-7-9-17(10-8-15)34-16-5-3-2-4-6-16/h2-12,19,22H,13-14H2,1H3,(H,28,31)(H2,29,30,32)/t19-,22-/m1/s1. The van der Waals surface area contributed by atoms with Crippen molar-refractivity contribution >= 4 is 17.6 Å². The SMILES string of the molecule is COc1cc(F)c([C@@H]2CC(=O)NC[C@H]2NC(=O)Nc2ccc(Oc3ccccc3)cc2)c(F)c1. The number of carbonyl (C=O) groups excluding carboxylic acids is 2. The first-order chi connectivity index (χ1) is 16.4. The minimum atomic E-state index is -0.882. The summed E-state index contributed by atoms with van der Waals surface area (Å²) < 4.78 is 40.0. The Balaban J connectivity index is 1.43. The molecule has 3 amide bonds. The van der Waals surface area contributed by atoms with E-state index in [-0.39, 0.29) is 30.2 Å². The number of piperidine rings is 1. The smallest absolute Gasteiger partial charge is 0.319 e. The molecule has 3 aromatic rings. The molecular weight excluding hydrogens is 444 g/mol. The maximum atomic E-state index is 14.7. The zero-order valence-electron chi connectivity index (χ0n) is 18.3. The highest BCUT2D eigenvalue weighted by atomic mass is 19.1. The van der Waals surface area contributed by atoms with Crippen molar-refractivity contribution in [2.45, 2.75) is 18.4 Å². The van der Waals surface area contributed by atoms with Gasteiger partial charge in [0.05, 0.1) is 13.2 Å². The third-order valence-corrected chi connectivity index (χ3v) is 5.48. The molecular formula is C25H23F2N3O4. The molecule has 2 atom stereocenters. The molecule has 176 valence electrons. The van der Waals surface area contributed by atoms with E-state index >= 15 is 0 Å². The number of benzene rings is 3. The van der Waals surface area contributed by atoms with Gasteiger partial charge in [-0.25, -0.2) is 13.6 Å². The number of rotatable bonds is 6. The van der Waals surface area contributed by atoms with Gasteiger partial charge in [0.2, 0.25) is 5.91 Å². The summed E-state index contributed by atoms with van der Waals surface area (Å²) in [6.07, 6.45) is -0.170. The molecule has 1 aliphatic heterocycles. The lowest BCUT2D eigenvalue weighted by molar-refractivity contribution is -0.123. The van der Waals surface area contributed by atoms with Gasteiger partial charge in [-0.1, -0.05) is 18.2 Å². The van der Waals surface area contributed by atoms with E-state index < -0.39 is 29.6 Å². The van der Waals surface area contributed by atoms with Gasteiger partial charge in [-0.15, -0.1) is 0 Å². The van der Waals surface area contributed by atoms with Crippen LogP contribution in [0.4, 0.5) is 19.3 Å². The highest BCUT2D eigenvalue weighted by molar-refractivity contribution is 5.90. The molecule has 0 radical (unpaired) electrons. The van der Waals surface area contributed by atoms with E-state index in [9.17, 15) is 18.4 Å². The maximum absolute atomic E-state index is 14.7. The average molecular weight is 467 g/mol. The van der Waals surface area contributed by atoms with E-state index in [1.807, 2.05) is 30.3 Å². The molecule has 0 saturated carbocycles. The summed E-state index contributed by atoms with van der Waals surface area (Å²) in [5, 5.41) is 8.02. The van der Waals surface area contributed by atoms with E-state index in [0.29, 0.717) is 17.2 Å². The molecule has 7 nitrogen and oxygen atoms in total. The molecule has 3 aromatic carbocycles. The zero-order valence-corrected chi connectivity index (χ0v) is 18.3. The number of para-hydroxylation sites is 1. The number of ether oxygens (including phenoxy) is 2. The van der Waals surface area contributed by atoms with Crippen molar-refractivity contribution in [3.8, 4) is 17.2 Å². The molecule has 1 saturated heterocycles. The van der Waals surface area contributed by atoms with Gasteiger partial charge in [-0.3, -0.25) is 4.79 Å². The zero-order chi connectivity index (χ0) is 24.1. The fraction of sp³-hybridized carbons (Fsp3) is 0.200. The topological polar surface area (TPSA) is 88.7 Å². The third-order valence-electron chi connectivity index (χ3n) is 5.48.